The second kappa shape index (κ2) is 12.4. The summed E-state index contributed by atoms with van der Waals surface area (Å²) in [6.07, 6.45) is 1.95. The van der Waals surface area contributed by atoms with Crippen LogP contribution in [0.5, 0.6) is 0 Å². The van der Waals surface area contributed by atoms with Gasteiger partial charge in [0.25, 0.3) is 0 Å². The van der Waals surface area contributed by atoms with Gasteiger partial charge in [0.15, 0.2) is 5.96 Å². The van der Waals surface area contributed by atoms with Crippen molar-refractivity contribution in [3.63, 3.8) is 0 Å². The standard InChI is InChI=1S/C19H31N3OS2.HI/c1-4-20-18(22-14-19(23)12-11-17(19)24-5-2)21-13-15(3)25-16-9-7-6-8-10-16;/h6-10,15,17,23H,4-5,11-14H2,1-3H3,(H2,20,21,22);1H. The molecule has 0 bridgehead atoms. The van der Waals surface area contributed by atoms with Crippen LogP contribution in [0.1, 0.15) is 33.6 Å². The van der Waals surface area contributed by atoms with E-state index in [1.165, 1.54) is 4.90 Å². The number of hydrogen-bond donors (Lipinski definition) is 3. The lowest BCUT2D eigenvalue weighted by molar-refractivity contribution is -0.0154. The molecular weight excluding hydrogens is 477 g/mol. The number of nitrogens with zero attached hydrogens (tertiary/aromatic N) is 1. The Morgan fingerprint density at radius 2 is 2.04 bits per heavy atom. The Labute approximate surface area is 183 Å². The molecular formula is C19H32IN3OS2. The molecule has 7 heteroatoms. The Bertz CT molecular complexity index is 547. The first-order valence-corrected chi connectivity index (χ1v) is 11.1. The number of benzene rings is 1. The van der Waals surface area contributed by atoms with Gasteiger partial charge in [-0.1, -0.05) is 32.0 Å². The Kier molecular flexibility index (Phi) is 11.4. The summed E-state index contributed by atoms with van der Waals surface area (Å²) in [6, 6.07) is 10.4. The van der Waals surface area contributed by atoms with Crippen LogP contribution in [0.25, 0.3) is 0 Å². The molecule has 0 heterocycles. The lowest BCUT2D eigenvalue weighted by Crippen LogP contribution is -2.53. The fourth-order valence-corrected chi connectivity index (χ4v) is 4.92. The van der Waals surface area contributed by atoms with Crippen molar-refractivity contribution in [3.8, 4) is 0 Å². The van der Waals surface area contributed by atoms with E-state index in [1.54, 1.807) is 0 Å². The summed E-state index contributed by atoms with van der Waals surface area (Å²) in [5, 5.41) is 18.2. The van der Waals surface area contributed by atoms with Crippen LogP contribution in [0, 0.1) is 0 Å². The maximum absolute atomic E-state index is 10.7. The Morgan fingerprint density at radius 3 is 2.62 bits per heavy atom. The summed E-state index contributed by atoms with van der Waals surface area (Å²) in [7, 11) is 0. The highest BCUT2D eigenvalue weighted by Gasteiger charge is 2.45. The maximum atomic E-state index is 10.7. The minimum Gasteiger partial charge on any atom is -0.387 e. The van der Waals surface area contributed by atoms with Crippen LogP contribution in [0.2, 0.25) is 0 Å². The van der Waals surface area contributed by atoms with Crippen LogP contribution in [0.3, 0.4) is 0 Å². The van der Waals surface area contributed by atoms with Crippen molar-refractivity contribution < 1.29 is 5.11 Å². The first-order valence-electron chi connectivity index (χ1n) is 9.15. The molecule has 1 aliphatic rings. The highest BCUT2D eigenvalue weighted by atomic mass is 127. The quantitative estimate of drug-likeness (QED) is 0.204. The number of rotatable bonds is 9. The average molecular weight is 510 g/mol. The van der Waals surface area contributed by atoms with E-state index in [0.717, 1.165) is 37.6 Å². The average Bonchev–Trinajstić information content (AvgIpc) is 2.61. The van der Waals surface area contributed by atoms with E-state index in [-0.39, 0.29) is 24.0 Å². The normalized spacial score (nSPS) is 23.5. The van der Waals surface area contributed by atoms with E-state index in [0.29, 0.717) is 17.0 Å². The molecule has 4 nitrogen and oxygen atoms in total. The first-order chi connectivity index (χ1) is 12.1. The van der Waals surface area contributed by atoms with E-state index in [1.807, 2.05) is 29.6 Å². The fraction of sp³-hybridized carbons (Fsp3) is 0.632. The van der Waals surface area contributed by atoms with Crippen molar-refractivity contribution in [2.45, 2.75) is 54.6 Å². The molecule has 1 aliphatic carbocycles. The summed E-state index contributed by atoms with van der Waals surface area (Å²) < 4.78 is 0. The van der Waals surface area contributed by atoms with Crippen molar-refractivity contribution in [2.75, 3.05) is 25.4 Å². The molecule has 1 aromatic carbocycles. The second-order valence-corrected chi connectivity index (χ2v) is 9.40. The lowest BCUT2D eigenvalue weighted by atomic mass is 9.79. The summed E-state index contributed by atoms with van der Waals surface area (Å²) in [6.45, 7) is 8.54. The van der Waals surface area contributed by atoms with Gasteiger partial charge in [-0.2, -0.15) is 11.8 Å². The van der Waals surface area contributed by atoms with Gasteiger partial charge in [-0.05, 0) is 37.7 Å². The minimum atomic E-state index is -0.632. The monoisotopic (exact) mass is 509 g/mol. The summed E-state index contributed by atoms with van der Waals surface area (Å²) in [4.78, 5) is 5.92. The van der Waals surface area contributed by atoms with Crippen LogP contribution in [0.15, 0.2) is 40.2 Å². The highest BCUT2D eigenvalue weighted by molar-refractivity contribution is 14.0. The largest absolute Gasteiger partial charge is 0.387 e. The van der Waals surface area contributed by atoms with Gasteiger partial charge in [0.2, 0.25) is 0 Å². The molecule has 0 saturated heterocycles. The van der Waals surface area contributed by atoms with E-state index in [2.05, 4.69) is 60.7 Å². The van der Waals surface area contributed by atoms with Crippen molar-refractivity contribution in [2.24, 2.45) is 4.99 Å². The smallest absolute Gasteiger partial charge is 0.191 e. The fourth-order valence-electron chi connectivity index (χ4n) is 2.79. The van der Waals surface area contributed by atoms with Crippen LogP contribution < -0.4 is 10.6 Å². The third-order valence-corrected chi connectivity index (χ3v) is 6.82. The molecule has 0 amide bonds. The van der Waals surface area contributed by atoms with Crippen molar-refractivity contribution in [1.29, 1.82) is 0 Å². The van der Waals surface area contributed by atoms with Crippen LogP contribution in [-0.2, 0) is 0 Å². The molecule has 0 spiro atoms. The third-order valence-electron chi connectivity index (χ3n) is 4.30. The van der Waals surface area contributed by atoms with Gasteiger partial charge >= 0.3 is 0 Å². The second-order valence-electron chi connectivity index (χ2n) is 6.40. The zero-order chi connectivity index (χ0) is 18.1. The van der Waals surface area contributed by atoms with Crippen LogP contribution in [-0.4, -0.2) is 52.6 Å². The van der Waals surface area contributed by atoms with Crippen LogP contribution >= 0.6 is 47.5 Å². The predicted molar refractivity (Wildman–Crippen MR) is 127 cm³/mol. The molecule has 1 aromatic rings. The Morgan fingerprint density at radius 1 is 1.31 bits per heavy atom. The molecule has 3 N–H and O–H groups in total. The van der Waals surface area contributed by atoms with Gasteiger partial charge in [-0.25, -0.2) is 0 Å². The van der Waals surface area contributed by atoms with E-state index in [9.17, 15) is 5.11 Å². The number of nitrogens with one attached hydrogen (secondary N) is 2. The summed E-state index contributed by atoms with van der Waals surface area (Å²) in [5.74, 6) is 1.84. The molecule has 0 aromatic heterocycles. The molecule has 0 radical (unpaired) electrons. The highest BCUT2D eigenvalue weighted by Crippen LogP contribution is 2.41. The van der Waals surface area contributed by atoms with Gasteiger partial charge in [-0.3, -0.25) is 4.99 Å². The molecule has 2 rings (SSSR count). The zero-order valence-electron chi connectivity index (χ0n) is 15.9. The molecule has 1 saturated carbocycles. The van der Waals surface area contributed by atoms with Gasteiger partial charge in [0, 0.05) is 28.5 Å². The Hall–Kier alpha value is -0.120. The Balaban J connectivity index is 0.00000338. The summed E-state index contributed by atoms with van der Waals surface area (Å²) in [5.41, 5.74) is -0.632. The number of guanidine groups is 1. The number of halogens is 1. The molecule has 3 atom stereocenters. The minimum absolute atomic E-state index is 0. The zero-order valence-corrected chi connectivity index (χ0v) is 19.9. The number of aliphatic hydroxyl groups is 1. The lowest BCUT2D eigenvalue weighted by Gasteiger charge is -2.44. The number of thioether (sulfide) groups is 2. The summed E-state index contributed by atoms with van der Waals surface area (Å²) >= 11 is 3.70. The third kappa shape index (κ3) is 7.48. The molecule has 3 unspecified atom stereocenters. The molecule has 1 fully saturated rings. The van der Waals surface area contributed by atoms with Crippen molar-refractivity contribution >= 4 is 53.5 Å². The van der Waals surface area contributed by atoms with Gasteiger partial charge in [0.05, 0.1) is 12.1 Å². The molecule has 26 heavy (non-hydrogen) atoms. The van der Waals surface area contributed by atoms with Crippen LogP contribution in [0.4, 0.5) is 0 Å². The van der Waals surface area contributed by atoms with Gasteiger partial charge < -0.3 is 15.7 Å². The number of hydrogen-bond acceptors (Lipinski definition) is 4. The molecule has 148 valence electrons. The first kappa shape index (κ1) is 23.9. The maximum Gasteiger partial charge on any atom is 0.191 e. The van der Waals surface area contributed by atoms with Gasteiger partial charge in [-0.15, -0.1) is 35.7 Å². The topological polar surface area (TPSA) is 56.7 Å². The van der Waals surface area contributed by atoms with E-state index in [4.69, 9.17) is 0 Å². The molecule has 0 aliphatic heterocycles. The predicted octanol–water partition coefficient (Wildman–Crippen LogP) is 3.99. The SMILES string of the molecule is CCNC(=NCC1(O)CCC1SCC)NCC(C)Sc1ccccc1.I. The van der Waals surface area contributed by atoms with E-state index < -0.39 is 5.60 Å². The van der Waals surface area contributed by atoms with Gasteiger partial charge in [0.1, 0.15) is 0 Å². The number of aliphatic imine (C=N–C) groups is 1. The van der Waals surface area contributed by atoms with Crippen molar-refractivity contribution in [1.82, 2.24) is 10.6 Å². The van der Waals surface area contributed by atoms with E-state index >= 15 is 0 Å². The van der Waals surface area contributed by atoms with Crippen molar-refractivity contribution in [3.05, 3.63) is 30.3 Å².